The van der Waals surface area contributed by atoms with Crippen LogP contribution in [0.1, 0.15) is 53.4 Å². The van der Waals surface area contributed by atoms with Gasteiger partial charge in [0.05, 0.1) is 17.4 Å². The van der Waals surface area contributed by atoms with Gasteiger partial charge in [0.1, 0.15) is 5.00 Å². The number of amides is 2. The van der Waals surface area contributed by atoms with Crippen molar-refractivity contribution in [2.75, 3.05) is 5.32 Å². The van der Waals surface area contributed by atoms with Crippen molar-refractivity contribution < 1.29 is 19.5 Å². The van der Waals surface area contributed by atoms with Gasteiger partial charge in [0.2, 0.25) is 5.91 Å². The highest BCUT2D eigenvalue weighted by Gasteiger charge is 2.36. The molecule has 0 saturated heterocycles. The molecular weight excluding hydrogens is 316 g/mol. The summed E-state index contributed by atoms with van der Waals surface area (Å²) < 4.78 is 0. The number of aliphatic carboxylic acids is 1. The Bertz CT molecular complexity index is 638. The van der Waals surface area contributed by atoms with Crippen molar-refractivity contribution in [1.29, 1.82) is 0 Å². The molecule has 0 aromatic carbocycles. The van der Waals surface area contributed by atoms with E-state index in [1.165, 1.54) is 11.3 Å². The van der Waals surface area contributed by atoms with Crippen molar-refractivity contribution in [1.82, 2.24) is 0 Å². The third-order valence-corrected chi connectivity index (χ3v) is 5.53. The number of primary amides is 1. The quantitative estimate of drug-likeness (QED) is 0.766. The van der Waals surface area contributed by atoms with E-state index < -0.39 is 23.7 Å². The van der Waals surface area contributed by atoms with Crippen molar-refractivity contribution in [3.8, 4) is 0 Å². The normalized spacial score (nSPS) is 21.0. The Hall–Kier alpha value is -1.89. The number of thiophene rings is 1. The van der Waals surface area contributed by atoms with E-state index in [0.29, 0.717) is 29.8 Å². The minimum absolute atomic E-state index is 0.330. The molecule has 1 aromatic heterocycles. The third-order valence-electron chi connectivity index (χ3n) is 4.47. The van der Waals surface area contributed by atoms with E-state index in [2.05, 4.69) is 5.32 Å². The van der Waals surface area contributed by atoms with Crippen molar-refractivity contribution in [3.63, 3.8) is 0 Å². The van der Waals surface area contributed by atoms with E-state index >= 15 is 0 Å². The lowest BCUT2D eigenvalue weighted by Gasteiger charge is -2.27. The Kier molecular flexibility index (Phi) is 5.41. The summed E-state index contributed by atoms with van der Waals surface area (Å²) in [5.41, 5.74) is 6.65. The minimum Gasteiger partial charge on any atom is -0.481 e. The van der Waals surface area contributed by atoms with Gasteiger partial charge in [-0.05, 0) is 31.7 Å². The molecule has 0 radical (unpaired) electrons. The first-order chi connectivity index (χ1) is 10.9. The zero-order valence-electron chi connectivity index (χ0n) is 13.3. The van der Waals surface area contributed by atoms with Crippen LogP contribution in [0.2, 0.25) is 0 Å². The number of aryl methyl sites for hydroxylation is 1. The lowest BCUT2D eigenvalue weighted by molar-refractivity contribution is -0.147. The lowest BCUT2D eigenvalue weighted by atomic mass is 9.79. The largest absolute Gasteiger partial charge is 0.481 e. The fourth-order valence-electron chi connectivity index (χ4n) is 3.30. The first-order valence-electron chi connectivity index (χ1n) is 7.82. The summed E-state index contributed by atoms with van der Waals surface area (Å²) in [6, 6.07) is 0. The summed E-state index contributed by atoms with van der Waals surface area (Å²) in [4.78, 5) is 36.6. The Morgan fingerprint density at radius 3 is 2.39 bits per heavy atom. The van der Waals surface area contributed by atoms with Crippen LogP contribution in [0.15, 0.2) is 0 Å². The molecule has 0 aliphatic heterocycles. The molecule has 0 unspecified atom stereocenters. The van der Waals surface area contributed by atoms with Gasteiger partial charge in [0, 0.05) is 4.88 Å². The van der Waals surface area contributed by atoms with Crippen LogP contribution in [-0.2, 0) is 16.0 Å². The van der Waals surface area contributed by atoms with E-state index in [1.807, 2.05) is 13.8 Å². The summed E-state index contributed by atoms with van der Waals surface area (Å²) in [5, 5.41) is 12.5. The molecule has 0 bridgehead atoms. The molecule has 1 aromatic rings. The first-order valence-corrected chi connectivity index (χ1v) is 8.64. The van der Waals surface area contributed by atoms with Gasteiger partial charge in [-0.1, -0.05) is 19.8 Å². The SMILES string of the molecule is CCc1c(C)sc(NC(=O)[C@H]2CCCC[C@@H]2C(=O)O)c1C(N)=O. The highest BCUT2D eigenvalue weighted by molar-refractivity contribution is 7.16. The number of nitrogens with two attached hydrogens (primary N) is 1. The molecule has 1 fully saturated rings. The number of carboxylic acids is 1. The number of hydrogen-bond donors (Lipinski definition) is 3. The number of hydrogen-bond acceptors (Lipinski definition) is 4. The standard InChI is InChI=1S/C16H22N2O4S/c1-3-9-8(2)23-15(12(9)13(17)19)18-14(20)10-6-4-5-7-11(10)16(21)22/h10-11H,3-7H2,1-2H3,(H2,17,19)(H,18,20)(H,21,22)/t10-,11-/m0/s1. The second-order valence-corrected chi connectivity index (χ2v) is 7.11. The second-order valence-electron chi connectivity index (χ2n) is 5.88. The van der Waals surface area contributed by atoms with Gasteiger partial charge in [-0.2, -0.15) is 0 Å². The van der Waals surface area contributed by atoms with Gasteiger partial charge < -0.3 is 16.2 Å². The minimum atomic E-state index is -0.934. The van der Waals surface area contributed by atoms with Crippen molar-refractivity contribution >= 4 is 34.1 Å². The number of carboxylic acid groups (broad SMARTS) is 1. The van der Waals surface area contributed by atoms with Gasteiger partial charge in [0.25, 0.3) is 5.91 Å². The second kappa shape index (κ2) is 7.12. The maximum absolute atomic E-state index is 12.5. The number of carbonyl (C=O) groups is 3. The van der Waals surface area contributed by atoms with Gasteiger partial charge >= 0.3 is 5.97 Å². The molecule has 23 heavy (non-hydrogen) atoms. The monoisotopic (exact) mass is 338 g/mol. The van der Waals surface area contributed by atoms with Crippen LogP contribution in [0.25, 0.3) is 0 Å². The predicted molar refractivity (Wildman–Crippen MR) is 88.7 cm³/mol. The van der Waals surface area contributed by atoms with E-state index in [-0.39, 0.29) is 5.91 Å². The van der Waals surface area contributed by atoms with Crippen LogP contribution in [0.5, 0.6) is 0 Å². The molecule has 126 valence electrons. The van der Waals surface area contributed by atoms with E-state index in [9.17, 15) is 19.5 Å². The molecule has 1 aliphatic rings. The first kappa shape index (κ1) is 17.5. The maximum Gasteiger partial charge on any atom is 0.307 e. The Morgan fingerprint density at radius 1 is 1.26 bits per heavy atom. The number of rotatable bonds is 5. The van der Waals surface area contributed by atoms with Crippen molar-refractivity contribution in [3.05, 3.63) is 16.0 Å². The Labute approximate surface area is 139 Å². The fraction of sp³-hybridized carbons (Fsp3) is 0.562. The molecule has 4 N–H and O–H groups in total. The highest BCUT2D eigenvalue weighted by atomic mass is 32.1. The summed E-state index contributed by atoms with van der Waals surface area (Å²) in [6.07, 6.45) is 3.39. The number of carbonyl (C=O) groups excluding carboxylic acids is 2. The van der Waals surface area contributed by atoms with Crippen LogP contribution >= 0.6 is 11.3 Å². The summed E-state index contributed by atoms with van der Waals surface area (Å²) in [7, 11) is 0. The number of anilines is 1. The van der Waals surface area contributed by atoms with Crippen LogP contribution in [-0.4, -0.2) is 22.9 Å². The molecule has 1 aliphatic carbocycles. The smallest absolute Gasteiger partial charge is 0.307 e. The highest BCUT2D eigenvalue weighted by Crippen LogP contribution is 2.36. The molecule has 0 spiro atoms. The van der Waals surface area contributed by atoms with Gasteiger partial charge in [-0.3, -0.25) is 14.4 Å². The van der Waals surface area contributed by atoms with E-state index in [0.717, 1.165) is 23.3 Å². The summed E-state index contributed by atoms with van der Waals surface area (Å²) >= 11 is 1.32. The van der Waals surface area contributed by atoms with E-state index in [1.54, 1.807) is 0 Å². The molecule has 2 atom stereocenters. The zero-order chi connectivity index (χ0) is 17.1. The average molecular weight is 338 g/mol. The molecule has 2 amide bonds. The zero-order valence-corrected chi connectivity index (χ0v) is 14.2. The topological polar surface area (TPSA) is 109 Å². The lowest BCUT2D eigenvalue weighted by Crippen LogP contribution is -2.36. The van der Waals surface area contributed by atoms with Crippen LogP contribution in [0.3, 0.4) is 0 Å². The van der Waals surface area contributed by atoms with Gasteiger partial charge in [-0.25, -0.2) is 0 Å². The molecule has 1 saturated carbocycles. The molecule has 6 nitrogen and oxygen atoms in total. The van der Waals surface area contributed by atoms with Crippen LogP contribution in [0, 0.1) is 18.8 Å². The van der Waals surface area contributed by atoms with Gasteiger partial charge in [-0.15, -0.1) is 11.3 Å². The molecule has 7 heteroatoms. The molecular formula is C16H22N2O4S. The van der Waals surface area contributed by atoms with Crippen LogP contribution in [0.4, 0.5) is 5.00 Å². The summed E-state index contributed by atoms with van der Waals surface area (Å²) in [5.74, 6) is -3.05. The van der Waals surface area contributed by atoms with Crippen molar-refractivity contribution in [2.45, 2.75) is 46.0 Å². The predicted octanol–water partition coefficient (Wildman–Crippen LogP) is 2.55. The third kappa shape index (κ3) is 3.55. The summed E-state index contributed by atoms with van der Waals surface area (Å²) in [6.45, 7) is 3.81. The van der Waals surface area contributed by atoms with E-state index in [4.69, 9.17) is 5.73 Å². The average Bonchev–Trinajstić information content (AvgIpc) is 2.82. The van der Waals surface area contributed by atoms with Crippen LogP contribution < -0.4 is 11.1 Å². The van der Waals surface area contributed by atoms with Crippen molar-refractivity contribution in [2.24, 2.45) is 17.6 Å². The molecule has 1 heterocycles. The maximum atomic E-state index is 12.5. The molecule has 2 rings (SSSR count). The Morgan fingerprint density at radius 2 is 1.87 bits per heavy atom. The van der Waals surface area contributed by atoms with Gasteiger partial charge in [0.15, 0.2) is 0 Å². The number of nitrogens with one attached hydrogen (secondary N) is 1. The Balaban J connectivity index is 2.26. The fourth-order valence-corrected chi connectivity index (χ4v) is 4.45.